The Labute approximate surface area is 114 Å². The summed E-state index contributed by atoms with van der Waals surface area (Å²) in [6.45, 7) is 0.849. The molecular formula is C12H15F2N3O3. The van der Waals surface area contributed by atoms with Crippen LogP contribution in [0.3, 0.4) is 0 Å². The fourth-order valence-electron chi connectivity index (χ4n) is 1.52. The molecule has 0 spiro atoms. The minimum absolute atomic E-state index is 0.308. The van der Waals surface area contributed by atoms with Gasteiger partial charge in [-0.15, -0.1) is 0 Å². The fraction of sp³-hybridized carbons (Fsp3) is 0.417. The topological polar surface area (TPSA) is 66.7 Å². The number of nitro groups is 1. The van der Waals surface area contributed by atoms with Crippen LogP contribution in [0.4, 0.5) is 14.5 Å². The molecule has 0 unspecified atom stereocenters. The summed E-state index contributed by atoms with van der Waals surface area (Å²) in [5, 5.41) is 10.8. The van der Waals surface area contributed by atoms with Gasteiger partial charge in [-0.2, -0.15) is 0 Å². The maximum Gasteiger partial charge on any atom is 0.285 e. The first kappa shape index (κ1) is 16.0. The summed E-state index contributed by atoms with van der Waals surface area (Å²) in [6, 6.07) is 0.977. The summed E-state index contributed by atoms with van der Waals surface area (Å²) < 4.78 is 26.2. The molecule has 0 saturated heterocycles. The average molecular weight is 287 g/mol. The standard InChI is InChI=1S/C12H15F2N3O3/c1-15(2)4-5-16(3)12(18)8-6-9(13)10(14)7-11(8)17(19)20/h6-7H,4-5H2,1-3H3. The molecule has 0 bridgehead atoms. The third-order valence-electron chi connectivity index (χ3n) is 2.70. The number of nitrogens with zero attached hydrogens (tertiary/aromatic N) is 3. The zero-order chi connectivity index (χ0) is 15.4. The van der Waals surface area contributed by atoms with E-state index in [0.717, 1.165) is 0 Å². The van der Waals surface area contributed by atoms with E-state index in [2.05, 4.69) is 0 Å². The van der Waals surface area contributed by atoms with E-state index in [9.17, 15) is 23.7 Å². The van der Waals surface area contributed by atoms with Gasteiger partial charge in [0, 0.05) is 20.1 Å². The molecule has 0 fully saturated rings. The molecule has 0 radical (unpaired) electrons. The van der Waals surface area contributed by atoms with E-state index in [4.69, 9.17) is 0 Å². The highest BCUT2D eigenvalue weighted by Crippen LogP contribution is 2.23. The van der Waals surface area contributed by atoms with Gasteiger partial charge in [-0.05, 0) is 20.2 Å². The maximum atomic E-state index is 13.2. The minimum atomic E-state index is -1.36. The molecule has 0 atom stereocenters. The fourth-order valence-corrected chi connectivity index (χ4v) is 1.52. The van der Waals surface area contributed by atoms with Crippen molar-refractivity contribution in [3.63, 3.8) is 0 Å². The van der Waals surface area contributed by atoms with Crippen molar-refractivity contribution in [2.24, 2.45) is 0 Å². The van der Waals surface area contributed by atoms with Gasteiger partial charge < -0.3 is 9.80 Å². The van der Waals surface area contributed by atoms with Gasteiger partial charge in [0.2, 0.25) is 0 Å². The summed E-state index contributed by atoms with van der Waals surface area (Å²) in [5.41, 5.74) is -1.21. The first-order chi connectivity index (χ1) is 9.23. The van der Waals surface area contributed by atoms with E-state index in [1.165, 1.54) is 11.9 Å². The van der Waals surface area contributed by atoms with Crippen molar-refractivity contribution in [1.82, 2.24) is 9.80 Å². The van der Waals surface area contributed by atoms with Gasteiger partial charge in [0.25, 0.3) is 11.6 Å². The molecule has 20 heavy (non-hydrogen) atoms. The van der Waals surface area contributed by atoms with E-state index in [0.29, 0.717) is 25.2 Å². The highest BCUT2D eigenvalue weighted by atomic mass is 19.2. The van der Waals surface area contributed by atoms with Crippen molar-refractivity contribution in [1.29, 1.82) is 0 Å². The zero-order valence-corrected chi connectivity index (χ0v) is 11.4. The third kappa shape index (κ3) is 3.70. The number of carbonyl (C=O) groups is 1. The molecule has 0 saturated carbocycles. The van der Waals surface area contributed by atoms with Crippen molar-refractivity contribution in [3.05, 3.63) is 39.4 Å². The summed E-state index contributed by atoms with van der Waals surface area (Å²) in [5.74, 6) is -3.37. The van der Waals surface area contributed by atoms with Crippen LogP contribution in [0.15, 0.2) is 12.1 Å². The highest BCUT2D eigenvalue weighted by molar-refractivity contribution is 5.98. The first-order valence-corrected chi connectivity index (χ1v) is 5.77. The van der Waals surface area contributed by atoms with Crippen LogP contribution in [0.2, 0.25) is 0 Å². The number of halogens is 2. The average Bonchev–Trinajstić information content (AvgIpc) is 2.37. The lowest BCUT2D eigenvalue weighted by atomic mass is 10.1. The van der Waals surface area contributed by atoms with Crippen LogP contribution in [0.25, 0.3) is 0 Å². The monoisotopic (exact) mass is 287 g/mol. The lowest BCUT2D eigenvalue weighted by Gasteiger charge is -2.19. The number of nitro benzene ring substituents is 1. The number of rotatable bonds is 5. The number of hydrogen-bond acceptors (Lipinski definition) is 4. The van der Waals surface area contributed by atoms with Crippen molar-refractivity contribution in [2.45, 2.75) is 0 Å². The minimum Gasteiger partial charge on any atom is -0.340 e. The predicted molar refractivity (Wildman–Crippen MR) is 68.5 cm³/mol. The van der Waals surface area contributed by atoms with Crippen LogP contribution < -0.4 is 0 Å². The van der Waals surface area contributed by atoms with E-state index >= 15 is 0 Å². The van der Waals surface area contributed by atoms with Crippen LogP contribution >= 0.6 is 0 Å². The molecule has 6 nitrogen and oxygen atoms in total. The van der Waals surface area contributed by atoms with Gasteiger partial charge in [-0.25, -0.2) is 8.78 Å². The van der Waals surface area contributed by atoms with E-state index in [-0.39, 0.29) is 0 Å². The first-order valence-electron chi connectivity index (χ1n) is 5.77. The SMILES string of the molecule is CN(C)CCN(C)C(=O)c1cc(F)c(F)cc1[N+](=O)[O-]. The Morgan fingerprint density at radius 3 is 2.25 bits per heavy atom. The zero-order valence-electron chi connectivity index (χ0n) is 11.4. The van der Waals surface area contributed by atoms with Crippen LogP contribution in [0, 0.1) is 21.7 Å². The number of amides is 1. The Kier molecular flexibility index (Phi) is 5.09. The maximum absolute atomic E-state index is 13.2. The molecule has 8 heteroatoms. The smallest absolute Gasteiger partial charge is 0.285 e. The van der Waals surface area contributed by atoms with Crippen molar-refractivity contribution < 1.29 is 18.5 Å². The summed E-state index contributed by atoms with van der Waals surface area (Å²) in [7, 11) is 5.05. The molecule has 1 aromatic rings. The summed E-state index contributed by atoms with van der Waals surface area (Å²) >= 11 is 0. The molecule has 110 valence electrons. The third-order valence-corrected chi connectivity index (χ3v) is 2.70. The number of hydrogen-bond donors (Lipinski definition) is 0. The van der Waals surface area contributed by atoms with E-state index in [1.54, 1.807) is 14.1 Å². The van der Waals surface area contributed by atoms with Crippen molar-refractivity contribution in [2.75, 3.05) is 34.2 Å². The Balaban J connectivity index is 3.08. The second-order valence-corrected chi connectivity index (χ2v) is 4.57. The van der Waals surface area contributed by atoms with Gasteiger partial charge >= 0.3 is 0 Å². The van der Waals surface area contributed by atoms with Crippen LogP contribution in [0.5, 0.6) is 0 Å². The Morgan fingerprint density at radius 2 is 1.75 bits per heavy atom. The molecule has 0 aliphatic heterocycles. The van der Waals surface area contributed by atoms with Crippen LogP contribution in [-0.2, 0) is 0 Å². The summed E-state index contributed by atoms with van der Waals surface area (Å²) in [6.07, 6.45) is 0. The lowest BCUT2D eigenvalue weighted by molar-refractivity contribution is -0.385. The van der Waals surface area contributed by atoms with E-state index in [1.807, 2.05) is 4.90 Å². The van der Waals surface area contributed by atoms with Gasteiger partial charge in [-0.3, -0.25) is 14.9 Å². The van der Waals surface area contributed by atoms with E-state index < -0.39 is 33.7 Å². The highest BCUT2D eigenvalue weighted by Gasteiger charge is 2.25. The van der Waals surface area contributed by atoms with Crippen molar-refractivity contribution >= 4 is 11.6 Å². The molecule has 0 heterocycles. The lowest BCUT2D eigenvalue weighted by Crippen LogP contribution is -2.33. The Bertz CT molecular complexity index is 535. The Hall–Kier alpha value is -2.09. The molecule has 1 aromatic carbocycles. The van der Waals surface area contributed by atoms with Crippen molar-refractivity contribution in [3.8, 4) is 0 Å². The molecule has 0 aliphatic carbocycles. The largest absolute Gasteiger partial charge is 0.340 e. The number of carbonyl (C=O) groups excluding carboxylic acids is 1. The second-order valence-electron chi connectivity index (χ2n) is 4.57. The van der Waals surface area contributed by atoms with Gasteiger partial charge in [0.15, 0.2) is 11.6 Å². The molecular weight excluding hydrogens is 272 g/mol. The van der Waals surface area contributed by atoms with Gasteiger partial charge in [0.05, 0.1) is 11.0 Å². The second kappa shape index (κ2) is 6.38. The molecule has 1 rings (SSSR count). The molecule has 1 amide bonds. The Morgan fingerprint density at radius 1 is 1.20 bits per heavy atom. The molecule has 0 aromatic heterocycles. The predicted octanol–water partition coefficient (Wildman–Crippen LogP) is 1.51. The van der Waals surface area contributed by atoms with Crippen LogP contribution in [-0.4, -0.2) is 54.9 Å². The normalized spacial score (nSPS) is 10.7. The molecule has 0 N–H and O–H groups in total. The van der Waals surface area contributed by atoms with Gasteiger partial charge in [0.1, 0.15) is 5.56 Å². The van der Waals surface area contributed by atoms with Crippen LogP contribution in [0.1, 0.15) is 10.4 Å². The molecule has 0 aliphatic rings. The quantitative estimate of drug-likeness (QED) is 0.608. The number of benzene rings is 1. The number of likely N-dealkylation sites (N-methyl/N-ethyl adjacent to an activating group) is 2. The van der Waals surface area contributed by atoms with Gasteiger partial charge in [-0.1, -0.05) is 0 Å². The summed E-state index contributed by atoms with van der Waals surface area (Å²) in [4.78, 5) is 25.0.